The Labute approximate surface area is 73.5 Å². The quantitative estimate of drug-likeness (QED) is 0.643. The molecular formula is C9H17NO2. The highest BCUT2D eigenvalue weighted by Gasteiger charge is 2.50. The Kier molecular flexibility index (Phi) is 2.73. The summed E-state index contributed by atoms with van der Waals surface area (Å²) in [4.78, 5) is 11.4. The number of carbonyl (C=O) groups excluding carboxylic acids is 1. The number of likely N-dealkylation sites (N-methyl/N-ethyl adjacent to an activating group) is 1. The lowest BCUT2D eigenvalue weighted by molar-refractivity contribution is -0.152. The number of ether oxygens (including phenoxy) is 1. The average molecular weight is 171 g/mol. The van der Waals surface area contributed by atoms with Crippen LogP contribution < -0.4 is 5.32 Å². The molecule has 1 saturated carbocycles. The largest absolute Gasteiger partial charge is 0.461 e. The summed E-state index contributed by atoms with van der Waals surface area (Å²) in [6.07, 6.45) is 2.76. The molecule has 70 valence electrons. The van der Waals surface area contributed by atoms with Crippen LogP contribution in [0.4, 0.5) is 0 Å². The molecule has 3 nitrogen and oxygen atoms in total. The van der Waals surface area contributed by atoms with E-state index in [2.05, 4.69) is 5.32 Å². The summed E-state index contributed by atoms with van der Waals surface area (Å²) < 4.78 is 5.22. The smallest absolute Gasteiger partial charge is 0.326 e. The van der Waals surface area contributed by atoms with Gasteiger partial charge in [-0.1, -0.05) is 6.92 Å². The van der Waals surface area contributed by atoms with Crippen LogP contribution in [0.15, 0.2) is 0 Å². The molecule has 0 aliphatic heterocycles. The van der Waals surface area contributed by atoms with Gasteiger partial charge >= 0.3 is 5.97 Å². The molecule has 3 heteroatoms. The Hall–Kier alpha value is -0.570. The van der Waals surface area contributed by atoms with E-state index in [1.165, 1.54) is 0 Å². The van der Waals surface area contributed by atoms with Crippen LogP contribution in [-0.4, -0.2) is 24.7 Å². The van der Waals surface area contributed by atoms with Crippen molar-refractivity contribution in [2.45, 2.75) is 44.8 Å². The van der Waals surface area contributed by atoms with Gasteiger partial charge < -0.3 is 10.1 Å². The first-order chi connectivity index (χ1) is 5.64. The van der Waals surface area contributed by atoms with Gasteiger partial charge in [0.15, 0.2) is 0 Å². The minimum Gasteiger partial charge on any atom is -0.461 e. The second kappa shape index (κ2) is 3.44. The van der Waals surface area contributed by atoms with E-state index in [9.17, 15) is 4.79 Å². The number of carbonyl (C=O) groups is 1. The van der Waals surface area contributed by atoms with Crippen LogP contribution in [0, 0.1) is 0 Å². The van der Waals surface area contributed by atoms with Crippen LogP contribution in [0.2, 0.25) is 0 Å². The van der Waals surface area contributed by atoms with Crippen molar-refractivity contribution in [1.29, 1.82) is 0 Å². The van der Waals surface area contributed by atoms with Gasteiger partial charge in [0.25, 0.3) is 0 Å². The predicted octanol–water partition coefficient (Wildman–Crippen LogP) is 1.08. The van der Waals surface area contributed by atoms with Crippen LogP contribution >= 0.6 is 0 Å². The van der Waals surface area contributed by atoms with Gasteiger partial charge in [-0.2, -0.15) is 0 Å². The molecule has 1 rings (SSSR count). The third kappa shape index (κ3) is 1.78. The zero-order chi connectivity index (χ0) is 9.19. The molecule has 0 amide bonds. The number of rotatable bonds is 4. The second-order valence-electron chi connectivity index (χ2n) is 3.46. The monoisotopic (exact) mass is 171 g/mol. The highest BCUT2D eigenvalue weighted by molar-refractivity contribution is 5.84. The maximum Gasteiger partial charge on any atom is 0.326 e. The molecule has 0 aromatic heterocycles. The van der Waals surface area contributed by atoms with Gasteiger partial charge in [0, 0.05) is 0 Å². The fourth-order valence-corrected chi connectivity index (χ4v) is 1.06. The van der Waals surface area contributed by atoms with Gasteiger partial charge in [-0.15, -0.1) is 0 Å². The number of hydrogen-bond donors (Lipinski definition) is 1. The topological polar surface area (TPSA) is 38.3 Å². The standard InChI is InChI=1S/C9H17NO2/c1-4-7(2)12-8(11)9(10-3)5-6-9/h7,10H,4-6H2,1-3H3. The van der Waals surface area contributed by atoms with Crippen molar-refractivity contribution in [2.24, 2.45) is 0 Å². The molecule has 0 heterocycles. The number of hydrogen-bond acceptors (Lipinski definition) is 3. The average Bonchev–Trinajstić information content (AvgIpc) is 2.84. The Morgan fingerprint density at radius 1 is 1.67 bits per heavy atom. The maximum absolute atomic E-state index is 11.4. The third-order valence-electron chi connectivity index (χ3n) is 2.50. The highest BCUT2D eigenvalue weighted by Crippen LogP contribution is 2.36. The van der Waals surface area contributed by atoms with Crippen molar-refractivity contribution in [2.75, 3.05) is 7.05 Å². The molecule has 0 saturated heterocycles. The summed E-state index contributed by atoms with van der Waals surface area (Å²) in [6.45, 7) is 3.93. The third-order valence-corrected chi connectivity index (χ3v) is 2.50. The molecule has 0 bridgehead atoms. The summed E-state index contributed by atoms with van der Waals surface area (Å²) >= 11 is 0. The minimum atomic E-state index is -0.330. The van der Waals surface area contributed by atoms with Crippen LogP contribution in [-0.2, 0) is 9.53 Å². The molecule has 0 spiro atoms. The fraction of sp³-hybridized carbons (Fsp3) is 0.889. The van der Waals surface area contributed by atoms with Gasteiger partial charge in [-0.05, 0) is 33.2 Å². The van der Waals surface area contributed by atoms with Crippen molar-refractivity contribution in [1.82, 2.24) is 5.32 Å². The summed E-state index contributed by atoms with van der Waals surface area (Å²) in [6, 6.07) is 0. The minimum absolute atomic E-state index is 0.0447. The van der Waals surface area contributed by atoms with E-state index in [4.69, 9.17) is 4.74 Å². The van der Waals surface area contributed by atoms with E-state index >= 15 is 0 Å². The molecule has 1 fully saturated rings. The van der Waals surface area contributed by atoms with Crippen molar-refractivity contribution in [3.05, 3.63) is 0 Å². The number of nitrogens with one attached hydrogen (secondary N) is 1. The van der Waals surface area contributed by atoms with Crippen LogP contribution in [0.25, 0.3) is 0 Å². The van der Waals surface area contributed by atoms with Gasteiger partial charge in [0.2, 0.25) is 0 Å². The van der Waals surface area contributed by atoms with Crippen molar-refractivity contribution >= 4 is 5.97 Å². The van der Waals surface area contributed by atoms with E-state index in [-0.39, 0.29) is 17.6 Å². The highest BCUT2D eigenvalue weighted by atomic mass is 16.5. The van der Waals surface area contributed by atoms with Gasteiger partial charge in [0.05, 0.1) is 6.10 Å². The molecule has 1 atom stereocenters. The Bertz CT molecular complexity index is 175. The summed E-state index contributed by atoms with van der Waals surface area (Å²) in [5.41, 5.74) is -0.330. The van der Waals surface area contributed by atoms with E-state index in [0.29, 0.717) is 0 Å². The first-order valence-corrected chi connectivity index (χ1v) is 4.54. The molecule has 0 aromatic rings. The Morgan fingerprint density at radius 3 is 2.58 bits per heavy atom. The van der Waals surface area contributed by atoms with Crippen molar-refractivity contribution in [3.8, 4) is 0 Å². The van der Waals surface area contributed by atoms with Crippen molar-refractivity contribution < 1.29 is 9.53 Å². The van der Waals surface area contributed by atoms with Crippen LogP contribution in [0.3, 0.4) is 0 Å². The zero-order valence-electron chi connectivity index (χ0n) is 8.02. The van der Waals surface area contributed by atoms with Gasteiger partial charge in [0.1, 0.15) is 5.54 Å². The molecule has 0 aromatic carbocycles. The predicted molar refractivity (Wildman–Crippen MR) is 46.9 cm³/mol. The Morgan fingerprint density at radius 2 is 2.25 bits per heavy atom. The van der Waals surface area contributed by atoms with Crippen molar-refractivity contribution in [3.63, 3.8) is 0 Å². The molecule has 1 N–H and O–H groups in total. The van der Waals surface area contributed by atoms with E-state index in [1.807, 2.05) is 20.9 Å². The fourth-order valence-electron chi connectivity index (χ4n) is 1.06. The first kappa shape index (κ1) is 9.52. The van der Waals surface area contributed by atoms with Gasteiger partial charge in [-0.3, -0.25) is 4.79 Å². The molecular weight excluding hydrogens is 154 g/mol. The molecule has 1 aliphatic carbocycles. The lowest BCUT2D eigenvalue weighted by Gasteiger charge is -2.16. The summed E-state index contributed by atoms with van der Waals surface area (Å²) in [5.74, 6) is -0.0839. The van der Waals surface area contributed by atoms with Crippen LogP contribution in [0.1, 0.15) is 33.1 Å². The first-order valence-electron chi connectivity index (χ1n) is 4.54. The zero-order valence-corrected chi connectivity index (χ0v) is 8.02. The SMILES string of the molecule is CCC(C)OC(=O)C1(NC)CC1. The van der Waals surface area contributed by atoms with Crippen LogP contribution in [0.5, 0.6) is 0 Å². The number of esters is 1. The molecule has 1 unspecified atom stereocenters. The normalized spacial score (nSPS) is 21.6. The van der Waals surface area contributed by atoms with Gasteiger partial charge in [-0.25, -0.2) is 0 Å². The summed E-state index contributed by atoms with van der Waals surface area (Å²) in [5, 5.41) is 3.01. The molecule has 12 heavy (non-hydrogen) atoms. The lowest BCUT2D eigenvalue weighted by atomic mass is 10.2. The van der Waals surface area contributed by atoms with E-state index in [0.717, 1.165) is 19.3 Å². The van der Waals surface area contributed by atoms with E-state index < -0.39 is 0 Å². The molecule has 1 aliphatic rings. The lowest BCUT2D eigenvalue weighted by Crippen LogP contribution is -2.39. The maximum atomic E-state index is 11.4. The second-order valence-corrected chi connectivity index (χ2v) is 3.46. The summed E-state index contributed by atoms with van der Waals surface area (Å²) in [7, 11) is 1.81. The Balaban J connectivity index is 2.38. The molecule has 0 radical (unpaired) electrons. The van der Waals surface area contributed by atoms with E-state index in [1.54, 1.807) is 0 Å².